The Balaban J connectivity index is 0.940. The molecule has 0 atom stereocenters. The molecular formula is C53H35N3O. The van der Waals surface area contributed by atoms with Crippen molar-refractivity contribution in [2.45, 2.75) is 19.3 Å². The fraction of sp³-hybridized carbons (Fsp3) is 0.0566. The van der Waals surface area contributed by atoms with Crippen molar-refractivity contribution in [3.05, 3.63) is 187 Å². The molecule has 11 aromatic rings. The second-order valence-electron chi connectivity index (χ2n) is 15.8. The van der Waals surface area contributed by atoms with E-state index < -0.39 is 0 Å². The molecule has 0 aliphatic heterocycles. The molecule has 0 bridgehead atoms. The van der Waals surface area contributed by atoms with Gasteiger partial charge in [-0.2, -0.15) is 0 Å². The van der Waals surface area contributed by atoms with Gasteiger partial charge in [-0.3, -0.25) is 0 Å². The van der Waals surface area contributed by atoms with Crippen molar-refractivity contribution in [1.29, 1.82) is 0 Å². The maximum absolute atomic E-state index is 6.32. The van der Waals surface area contributed by atoms with Gasteiger partial charge in [0.15, 0.2) is 5.82 Å². The van der Waals surface area contributed by atoms with Crippen molar-refractivity contribution >= 4 is 54.6 Å². The third-order valence-electron chi connectivity index (χ3n) is 12.2. The number of fused-ring (bicyclic) bond motifs is 10. The highest BCUT2D eigenvalue weighted by Crippen LogP contribution is 2.52. The van der Waals surface area contributed by atoms with E-state index in [1.807, 2.05) is 24.3 Å². The van der Waals surface area contributed by atoms with Gasteiger partial charge in [0.05, 0.1) is 22.2 Å². The number of furan rings is 1. The number of aromatic nitrogens is 3. The fourth-order valence-electron chi connectivity index (χ4n) is 9.34. The standard InChI is InChI=1S/C53H35N3O/c1-53(2)44-29-35(22-26-37(44)41-30-43-39-15-8-11-19-49(39)57-50(43)31-45(41)53)34-23-27-48-42(28-34)38-14-7-10-18-47(38)56(48)36-24-20-33(21-25-36)52-54-46-17-9-6-16-40(46)51(55-52)32-12-4-3-5-13-32/h3-31H,1-2H3. The van der Waals surface area contributed by atoms with Gasteiger partial charge in [0.2, 0.25) is 0 Å². The monoisotopic (exact) mass is 729 g/mol. The number of nitrogens with zero attached hydrogens (tertiary/aromatic N) is 3. The maximum Gasteiger partial charge on any atom is 0.160 e. The summed E-state index contributed by atoms with van der Waals surface area (Å²) in [4.78, 5) is 10.1. The van der Waals surface area contributed by atoms with Crippen molar-refractivity contribution in [3.8, 4) is 50.6 Å². The average Bonchev–Trinajstić information content (AvgIpc) is 3.87. The summed E-state index contributed by atoms with van der Waals surface area (Å²) in [6.07, 6.45) is 0. The van der Waals surface area contributed by atoms with Gasteiger partial charge >= 0.3 is 0 Å². The molecule has 0 spiro atoms. The Morgan fingerprint density at radius 2 is 1.11 bits per heavy atom. The number of benzene rings is 8. The molecule has 57 heavy (non-hydrogen) atoms. The van der Waals surface area contributed by atoms with Crippen LogP contribution < -0.4 is 0 Å². The molecule has 3 aromatic heterocycles. The second-order valence-corrected chi connectivity index (χ2v) is 15.8. The van der Waals surface area contributed by atoms with Crippen LogP contribution in [0, 0.1) is 0 Å². The normalized spacial score (nSPS) is 13.2. The predicted octanol–water partition coefficient (Wildman–Crippen LogP) is 13.9. The van der Waals surface area contributed by atoms with E-state index in [0.29, 0.717) is 5.82 Å². The molecule has 12 rings (SSSR count). The SMILES string of the molecule is CC1(C)c2cc(-c3ccc4c(c3)c3ccccc3n4-c3ccc(-c4nc(-c5ccccc5)c5ccccc5n4)cc3)ccc2-c2cc3c(cc21)oc1ccccc13. The smallest absolute Gasteiger partial charge is 0.160 e. The minimum atomic E-state index is -0.166. The molecule has 0 saturated carbocycles. The number of rotatable bonds is 4. The summed E-state index contributed by atoms with van der Waals surface area (Å²) in [5.74, 6) is 0.717. The fourth-order valence-corrected chi connectivity index (χ4v) is 9.34. The first-order chi connectivity index (χ1) is 28.0. The summed E-state index contributed by atoms with van der Waals surface area (Å²) in [5, 5.41) is 5.85. The number of hydrogen-bond acceptors (Lipinski definition) is 3. The van der Waals surface area contributed by atoms with E-state index in [4.69, 9.17) is 14.4 Å². The molecule has 3 heterocycles. The minimum absolute atomic E-state index is 0.166. The Kier molecular flexibility index (Phi) is 6.65. The van der Waals surface area contributed by atoms with Crippen LogP contribution in [0.1, 0.15) is 25.0 Å². The van der Waals surface area contributed by atoms with Crippen LogP contribution in [0.3, 0.4) is 0 Å². The highest BCUT2D eigenvalue weighted by molar-refractivity contribution is 6.11. The number of hydrogen-bond donors (Lipinski definition) is 0. The van der Waals surface area contributed by atoms with E-state index >= 15 is 0 Å². The lowest BCUT2D eigenvalue weighted by molar-refractivity contribution is 0.647. The molecule has 1 aliphatic rings. The maximum atomic E-state index is 6.32. The quantitative estimate of drug-likeness (QED) is 0.181. The van der Waals surface area contributed by atoms with Gasteiger partial charge in [0.25, 0.3) is 0 Å². The highest BCUT2D eigenvalue weighted by atomic mass is 16.3. The van der Waals surface area contributed by atoms with Gasteiger partial charge < -0.3 is 8.98 Å². The third kappa shape index (κ3) is 4.74. The first-order valence-electron chi connectivity index (χ1n) is 19.6. The van der Waals surface area contributed by atoms with E-state index in [1.54, 1.807) is 0 Å². The molecule has 4 heteroatoms. The van der Waals surface area contributed by atoms with Gasteiger partial charge in [0, 0.05) is 49.2 Å². The third-order valence-corrected chi connectivity index (χ3v) is 12.2. The average molecular weight is 730 g/mol. The van der Waals surface area contributed by atoms with E-state index in [9.17, 15) is 0 Å². The lowest BCUT2D eigenvalue weighted by Crippen LogP contribution is -2.15. The van der Waals surface area contributed by atoms with Crippen LogP contribution in [-0.4, -0.2) is 14.5 Å². The molecule has 0 fully saturated rings. The largest absolute Gasteiger partial charge is 0.456 e. The van der Waals surface area contributed by atoms with Crippen LogP contribution in [0.5, 0.6) is 0 Å². The molecule has 0 N–H and O–H groups in total. The molecular weight excluding hydrogens is 695 g/mol. The summed E-state index contributed by atoms with van der Waals surface area (Å²) in [6.45, 7) is 4.68. The van der Waals surface area contributed by atoms with Crippen LogP contribution in [0.2, 0.25) is 0 Å². The Labute approximate surface area is 329 Å². The Morgan fingerprint density at radius 3 is 1.96 bits per heavy atom. The van der Waals surface area contributed by atoms with Crippen molar-refractivity contribution < 1.29 is 4.42 Å². The second kappa shape index (κ2) is 11.8. The molecule has 8 aromatic carbocycles. The molecule has 0 unspecified atom stereocenters. The highest BCUT2D eigenvalue weighted by Gasteiger charge is 2.36. The van der Waals surface area contributed by atoms with E-state index in [2.05, 4.69) is 170 Å². The van der Waals surface area contributed by atoms with Crippen LogP contribution in [0.4, 0.5) is 0 Å². The summed E-state index contributed by atoms with van der Waals surface area (Å²) in [6, 6.07) is 62.9. The minimum Gasteiger partial charge on any atom is -0.456 e. The van der Waals surface area contributed by atoms with E-state index in [1.165, 1.54) is 60.6 Å². The van der Waals surface area contributed by atoms with Crippen molar-refractivity contribution in [2.75, 3.05) is 0 Å². The zero-order chi connectivity index (χ0) is 37.8. The van der Waals surface area contributed by atoms with Crippen molar-refractivity contribution in [3.63, 3.8) is 0 Å². The molecule has 4 nitrogen and oxygen atoms in total. The summed E-state index contributed by atoms with van der Waals surface area (Å²) < 4.78 is 8.70. The molecule has 0 radical (unpaired) electrons. The Morgan fingerprint density at radius 1 is 0.439 bits per heavy atom. The zero-order valence-electron chi connectivity index (χ0n) is 31.5. The number of para-hydroxylation sites is 3. The van der Waals surface area contributed by atoms with Crippen LogP contribution in [-0.2, 0) is 5.41 Å². The molecule has 0 amide bonds. The zero-order valence-corrected chi connectivity index (χ0v) is 31.5. The first-order valence-corrected chi connectivity index (χ1v) is 19.6. The van der Waals surface area contributed by atoms with Crippen LogP contribution >= 0.6 is 0 Å². The summed E-state index contributed by atoms with van der Waals surface area (Å²) in [5.41, 5.74) is 16.8. The van der Waals surface area contributed by atoms with Gasteiger partial charge in [-0.1, -0.05) is 117 Å². The lowest BCUT2D eigenvalue weighted by Gasteiger charge is -2.22. The summed E-state index contributed by atoms with van der Waals surface area (Å²) >= 11 is 0. The van der Waals surface area contributed by atoms with Crippen LogP contribution in [0.15, 0.2) is 180 Å². The molecule has 268 valence electrons. The van der Waals surface area contributed by atoms with E-state index in [0.717, 1.165) is 50.0 Å². The van der Waals surface area contributed by atoms with E-state index in [-0.39, 0.29) is 5.41 Å². The van der Waals surface area contributed by atoms with Gasteiger partial charge in [-0.05, 0) is 106 Å². The van der Waals surface area contributed by atoms with Crippen LogP contribution in [0.25, 0.3) is 105 Å². The lowest BCUT2D eigenvalue weighted by atomic mass is 9.81. The summed E-state index contributed by atoms with van der Waals surface area (Å²) in [7, 11) is 0. The van der Waals surface area contributed by atoms with Gasteiger partial charge in [0.1, 0.15) is 11.2 Å². The Hall–Kier alpha value is -7.30. The topological polar surface area (TPSA) is 43.9 Å². The van der Waals surface area contributed by atoms with Crippen molar-refractivity contribution in [1.82, 2.24) is 14.5 Å². The Bertz CT molecular complexity index is 3420. The molecule has 1 aliphatic carbocycles. The first kappa shape index (κ1) is 32.0. The van der Waals surface area contributed by atoms with Crippen molar-refractivity contribution in [2.24, 2.45) is 0 Å². The molecule has 0 saturated heterocycles. The van der Waals surface area contributed by atoms with Gasteiger partial charge in [-0.25, -0.2) is 9.97 Å². The van der Waals surface area contributed by atoms with Gasteiger partial charge in [-0.15, -0.1) is 0 Å². The predicted molar refractivity (Wildman–Crippen MR) is 235 cm³/mol.